The Kier molecular flexibility index (Phi) is 6.96. The molecule has 0 bridgehead atoms. The Morgan fingerprint density at radius 1 is 1.06 bits per heavy atom. The Hall–Kier alpha value is -2.50. The highest BCUT2D eigenvalue weighted by Crippen LogP contribution is 2.41. The molecule has 5 rings (SSSR count). The van der Waals surface area contributed by atoms with Crippen LogP contribution >= 0.6 is 0 Å². The molecule has 0 saturated heterocycles. The maximum atomic E-state index is 14.8. The Labute approximate surface area is 207 Å². The lowest BCUT2D eigenvalue weighted by Crippen LogP contribution is -2.46. The van der Waals surface area contributed by atoms with Crippen LogP contribution in [-0.2, 0) is 11.2 Å². The molecular formula is C30H38FNO3. The number of hydrogen-bond acceptors (Lipinski definition) is 3. The van der Waals surface area contributed by atoms with E-state index in [0.29, 0.717) is 5.92 Å². The molecule has 0 amide bonds. The fourth-order valence-electron chi connectivity index (χ4n) is 4.72. The number of aryl methyl sites for hydroxylation is 2. The first kappa shape index (κ1) is 25.6. The van der Waals surface area contributed by atoms with E-state index < -0.39 is 11.2 Å². The van der Waals surface area contributed by atoms with Crippen molar-refractivity contribution < 1.29 is 14.2 Å². The summed E-state index contributed by atoms with van der Waals surface area (Å²) in [4.78, 5) is 13.1. The third kappa shape index (κ3) is 5.22. The van der Waals surface area contributed by atoms with Gasteiger partial charge in [0, 0.05) is 13.3 Å². The number of aliphatic hydroxyl groups is 1. The van der Waals surface area contributed by atoms with E-state index in [9.17, 15) is 14.3 Å². The summed E-state index contributed by atoms with van der Waals surface area (Å²) >= 11 is 0. The third-order valence-corrected chi connectivity index (χ3v) is 7.96. The van der Waals surface area contributed by atoms with E-state index in [2.05, 4.69) is 25.1 Å². The lowest BCUT2D eigenvalue weighted by molar-refractivity contribution is -0.129. The Morgan fingerprint density at radius 2 is 1.77 bits per heavy atom. The zero-order valence-electron chi connectivity index (χ0n) is 21.8. The van der Waals surface area contributed by atoms with Gasteiger partial charge >= 0.3 is 0 Å². The zero-order chi connectivity index (χ0) is 25.5. The molecule has 2 aliphatic carbocycles. The van der Waals surface area contributed by atoms with Crippen LogP contribution in [0.1, 0.15) is 87.6 Å². The average Bonchev–Trinajstić information content (AvgIpc) is 3.64. The van der Waals surface area contributed by atoms with Gasteiger partial charge in [-0.2, -0.15) is 0 Å². The highest BCUT2D eigenvalue weighted by atomic mass is 19.1. The normalized spacial score (nSPS) is 18.1. The van der Waals surface area contributed by atoms with Crippen LogP contribution in [0, 0.1) is 12.7 Å². The molecule has 4 nitrogen and oxygen atoms in total. The van der Waals surface area contributed by atoms with Crippen molar-refractivity contribution in [3.63, 3.8) is 0 Å². The van der Waals surface area contributed by atoms with E-state index >= 15 is 0 Å². The number of halogens is 1. The molecule has 2 aromatic carbocycles. The summed E-state index contributed by atoms with van der Waals surface area (Å²) in [5.41, 5.74) is 3.35. The van der Waals surface area contributed by atoms with Gasteiger partial charge in [-0.15, -0.1) is 0 Å². The van der Waals surface area contributed by atoms with Crippen molar-refractivity contribution in [3.8, 4) is 0 Å². The summed E-state index contributed by atoms with van der Waals surface area (Å²) in [5, 5.41) is 10.4. The number of nitrogens with zero attached hydrogens (tertiary/aromatic N) is 1. The number of methoxy groups -OCH3 is 1. The van der Waals surface area contributed by atoms with Crippen LogP contribution in [0.25, 0.3) is 10.8 Å². The second-order valence-corrected chi connectivity index (χ2v) is 11.2. The van der Waals surface area contributed by atoms with E-state index in [1.807, 2.05) is 32.2 Å². The summed E-state index contributed by atoms with van der Waals surface area (Å²) in [6.45, 7) is 9.27. The number of fused-ring (bicyclic) bond motifs is 2. The van der Waals surface area contributed by atoms with Gasteiger partial charge in [0.15, 0.2) is 0 Å². The minimum absolute atomic E-state index is 0.00115. The maximum Gasteiger partial charge on any atom is 0.261 e. The predicted molar refractivity (Wildman–Crippen MR) is 140 cm³/mol. The number of ether oxygens (including phenoxy) is 1. The molecule has 2 aliphatic rings. The molecule has 5 heteroatoms. The molecule has 1 heterocycles. The second-order valence-electron chi connectivity index (χ2n) is 11.2. The van der Waals surface area contributed by atoms with Crippen molar-refractivity contribution in [1.82, 2.24) is 4.57 Å². The molecule has 0 radical (unpaired) electrons. The first-order chi connectivity index (χ1) is 16.4. The number of benzene rings is 2. The fraction of sp³-hybridized carbons (Fsp3) is 0.500. The largest absolute Gasteiger partial charge is 0.387 e. The van der Waals surface area contributed by atoms with Gasteiger partial charge in [0.05, 0.1) is 22.6 Å². The first-order valence-electron chi connectivity index (χ1n) is 12.6. The number of hydrogen-bond donors (Lipinski definition) is 1. The van der Waals surface area contributed by atoms with Gasteiger partial charge in [-0.25, -0.2) is 4.39 Å². The topological polar surface area (TPSA) is 51.5 Å². The molecule has 3 aromatic rings. The van der Waals surface area contributed by atoms with Gasteiger partial charge in [0.1, 0.15) is 5.82 Å². The molecule has 1 fully saturated rings. The summed E-state index contributed by atoms with van der Waals surface area (Å²) in [7, 11) is 1.60. The summed E-state index contributed by atoms with van der Waals surface area (Å²) in [6.07, 6.45) is 7.13. The minimum Gasteiger partial charge on any atom is -0.387 e. The Bertz CT molecular complexity index is 1280. The quantitative estimate of drug-likeness (QED) is 0.469. The van der Waals surface area contributed by atoms with Gasteiger partial charge in [-0.3, -0.25) is 4.79 Å². The summed E-state index contributed by atoms with van der Waals surface area (Å²) < 4.78 is 21.6. The SMILES string of the molecule is COC(C)(C)C(C)(C)O.Cc1ccc2c(c1)CCCC2n1ccc2cc(C3CC3)cc(F)c2c1=O. The van der Waals surface area contributed by atoms with Crippen LogP contribution in [-0.4, -0.2) is 28.0 Å². The lowest BCUT2D eigenvalue weighted by atomic mass is 9.86. The van der Waals surface area contributed by atoms with Crippen LogP contribution in [0.15, 0.2) is 47.4 Å². The highest BCUT2D eigenvalue weighted by molar-refractivity contribution is 5.83. The van der Waals surface area contributed by atoms with E-state index in [1.165, 1.54) is 16.7 Å². The van der Waals surface area contributed by atoms with Crippen LogP contribution in [0.2, 0.25) is 0 Å². The molecule has 0 spiro atoms. The van der Waals surface area contributed by atoms with Crippen LogP contribution < -0.4 is 5.56 Å². The van der Waals surface area contributed by atoms with E-state index in [4.69, 9.17) is 4.74 Å². The Morgan fingerprint density at radius 3 is 2.37 bits per heavy atom. The van der Waals surface area contributed by atoms with Crippen molar-refractivity contribution in [2.24, 2.45) is 0 Å². The predicted octanol–water partition coefficient (Wildman–Crippen LogP) is 6.43. The zero-order valence-corrected chi connectivity index (χ0v) is 21.8. The second kappa shape index (κ2) is 9.51. The number of aromatic nitrogens is 1. The molecule has 0 aliphatic heterocycles. The number of rotatable bonds is 4. The molecule has 1 aromatic heterocycles. The van der Waals surface area contributed by atoms with Gasteiger partial charge in [-0.05, 0) is 107 Å². The Balaban J connectivity index is 0.000000277. The summed E-state index contributed by atoms with van der Waals surface area (Å²) in [6, 6.07) is 11.9. The smallest absolute Gasteiger partial charge is 0.261 e. The summed E-state index contributed by atoms with van der Waals surface area (Å²) in [5.74, 6) is 0.105. The van der Waals surface area contributed by atoms with Gasteiger partial charge in [-0.1, -0.05) is 29.8 Å². The van der Waals surface area contributed by atoms with Crippen LogP contribution in [0.5, 0.6) is 0 Å². The maximum absolute atomic E-state index is 14.8. The fourth-order valence-corrected chi connectivity index (χ4v) is 4.72. The van der Waals surface area contributed by atoms with E-state index in [0.717, 1.165) is 43.1 Å². The van der Waals surface area contributed by atoms with Crippen molar-refractivity contribution in [1.29, 1.82) is 0 Å². The molecule has 188 valence electrons. The monoisotopic (exact) mass is 479 g/mol. The van der Waals surface area contributed by atoms with Crippen LogP contribution in [0.3, 0.4) is 0 Å². The van der Waals surface area contributed by atoms with E-state index in [1.54, 1.807) is 31.6 Å². The molecule has 35 heavy (non-hydrogen) atoms. The van der Waals surface area contributed by atoms with Gasteiger partial charge in [0.25, 0.3) is 5.56 Å². The van der Waals surface area contributed by atoms with E-state index in [-0.39, 0.29) is 22.8 Å². The van der Waals surface area contributed by atoms with Crippen molar-refractivity contribution >= 4 is 10.8 Å². The molecule has 1 atom stereocenters. The number of pyridine rings is 1. The van der Waals surface area contributed by atoms with Crippen molar-refractivity contribution in [2.45, 2.75) is 89.9 Å². The molecule has 1 saturated carbocycles. The molecular weight excluding hydrogens is 441 g/mol. The third-order valence-electron chi connectivity index (χ3n) is 7.96. The van der Waals surface area contributed by atoms with Gasteiger partial charge in [0.2, 0.25) is 0 Å². The average molecular weight is 480 g/mol. The standard InChI is InChI=1S/C23H22FNO.C7H16O2/c1-14-5-8-19-16(11-14)3-2-4-21(19)25-10-9-17-12-18(15-6-7-15)13-20(24)22(17)23(25)26;1-6(2,8)7(3,4)9-5/h5,8-13,15,21H,2-4,6-7H2,1H3;8H,1-5H3. The first-order valence-corrected chi connectivity index (χ1v) is 12.6. The molecule has 1 unspecified atom stereocenters. The minimum atomic E-state index is -0.776. The lowest BCUT2D eigenvalue weighted by Gasteiger charge is -2.35. The molecule has 1 N–H and O–H groups in total. The van der Waals surface area contributed by atoms with Crippen molar-refractivity contribution in [2.75, 3.05) is 7.11 Å². The van der Waals surface area contributed by atoms with Crippen molar-refractivity contribution in [3.05, 3.63) is 81.0 Å². The highest BCUT2D eigenvalue weighted by Gasteiger charge is 2.34. The van der Waals surface area contributed by atoms with Gasteiger partial charge < -0.3 is 14.4 Å². The van der Waals surface area contributed by atoms with Crippen LogP contribution in [0.4, 0.5) is 4.39 Å².